The Morgan fingerprint density at radius 2 is 1.30 bits per heavy atom. The van der Waals surface area contributed by atoms with Crippen LogP contribution >= 0.6 is 22.7 Å². The van der Waals surface area contributed by atoms with Gasteiger partial charge in [-0.1, -0.05) is 0 Å². The van der Waals surface area contributed by atoms with E-state index < -0.39 is 11.9 Å². The van der Waals surface area contributed by atoms with Gasteiger partial charge in [-0.15, -0.1) is 22.7 Å². The number of rotatable bonds is 4. The van der Waals surface area contributed by atoms with E-state index in [4.69, 9.17) is 20.0 Å². The van der Waals surface area contributed by atoms with Crippen LogP contribution in [0.1, 0.15) is 13.8 Å². The number of nitriles is 2. The summed E-state index contributed by atoms with van der Waals surface area (Å²) in [5.74, 6) is -1.42. The fraction of sp³-hybridized carbons (Fsp3) is 0.333. The van der Waals surface area contributed by atoms with Crippen LogP contribution < -0.4 is 7.69 Å². The van der Waals surface area contributed by atoms with Gasteiger partial charge in [0.1, 0.15) is 19.8 Å². The molecule has 6 nitrogen and oxygen atoms in total. The van der Waals surface area contributed by atoms with E-state index in [2.05, 4.69) is 0 Å². The van der Waals surface area contributed by atoms with E-state index >= 15 is 0 Å². The van der Waals surface area contributed by atoms with Crippen molar-refractivity contribution in [2.24, 2.45) is 0 Å². The minimum Gasteiger partial charge on any atom is -0.462 e. The molecule has 1 aromatic heterocycles. The van der Waals surface area contributed by atoms with Gasteiger partial charge in [-0.3, -0.25) is 0 Å². The third-order valence-electron chi connectivity index (χ3n) is 1.96. The van der Waals surface area contributed by atoms with Gasteiger partial charge in [-0.2, -0.15) is 10.5 Å². The van der Waals surface area contributed by atoms with Crippen molar-refractivity contribution in [2.45, 2.75) is 13.8 Å². The van der Waals surface area contributed by atoms with Gasteiger partial charge >= 0.3 is 11.9 Å². The second kappa shape index (κ2) is 7.43. The highest BCUT2D eigenvalue weighted by molar-refractivity contribution is 7.36. The van der Waals surface area contributed by atoms with Gasteiger partial charge in [0.15, 0.2) is 11.1 Å². The van der Waals surface area contributed by atoms with E-state index in [1.54, 1.807) is 26.0 Å². The Labute approximate surface area is 122 Å². The Morgan fingerprint density at radius 1 is 0.950 bits per heavy atom. The predicted molar refractivity (Wildman–Crippen MR) is 72.8 cm³/mol. The lowest BCUT2D eigenvalue weighted by molar-refractivity contribution is -0.136. The average Bonchev–Trinajstić information content (AvgIpc) is 2.37. The molecule has 0 radical (unpaired) electrons. The van der Waals surface area contributed by atoms with E-state index in [0.29, 0.717) is 7.69 Å². The molecule has 20 heavy (non-hydrogen) atoms. The normalized spacial score (nSPS) is 9.20. The molecule has 8 heteroatoms. The van der Waals surface area contributed by atoms with E-state index in [1.165, 1.54) is 0 Å². The standard InChI is InChI=1S/C12H10N2O4S2/c1-3-17-9(15)7(5-13)11-19-12(20-11)8(6-14)10(16)18-4-2/h3-4H2,1-2H3. The number of nitrogens with zero attached hydrogens (tertiary/aromatic N) is 2. The first-order valence-electron chi connectivity index (χ1n) is 5.57. The summed E-state index contributed by atoms with van der Waals surface area (Å²) in [5, 5.41) is 17.9. The molecule has 0 aliphatic heterocycles. The van der Waals surface area contributed by atoms with Crippen LogP contribution in [0.15, 0.2) is 0 Å². The summed E-state index contributed by atoms with van der Waals surface area (Å²) in [6, 6.07) is 3.52. The highest BCUT2D eigenvalue weighted by atomic mass is 32.2. The zero-order valence-electron chi connectivity index (χ0n) is 10.8. The Hall–Kier alpha value is -2.16. The van der Waals surface area contributed by atoms with E-state index in [0.717, 1.165) is 22.7 Å². The smallest absolute Gasteiger partial charge is 0.351 e. The monoisotopic (exact) mass is 310 g/mol. The molecular formula is C12H10N2O4S2. The largest absolute Gasteiger partial charge is 0.462 e. The molecule has 0 saturated carbocycles. The van der Waals surface area contributed by atoms with Gasteiger partial charge in [-0.05, 0) is 13.8 Å². The van der Waals surface area contributed by atoms with E-state index in [9.17, 15) is 9.59 Å². The zero-order valence-corrected chi connectivity index (χ0v) is 12.4. The average molecular weight is 310 g/mol. The van der Waals surface area contributed by atoms with Crippen molar-refractivity contribution in [3.8, 4) is 12.1 Å². The van der Waals surface area contributed by atoms with Gasteiger partial charge in [0.25, 0.3) is 0 Å². The van der Waals surface area contributed by atoms with Crippen LogP contribution in [0, 0.1) is 22.7 Å². The van der Waals surface area contributed by atoms with Crippen LogP contribution in [0.25, 0.3) is 11.1 Å². The highest BCUT2D eigenvalue weighted by Gasteiger charge is 2.17. The van der Waals surface area contributed by atoms with E-state index in [-0.39, 0.29) is 24.4 Å². The first kappa shape index (κ1) is 15.9. The number of esters is 2. The predicted octanol–water partition coefficient (Wildman–Crippen LogP) is 0.284. The number of hydrogen-bond acceptors (Lipinski definition) is 8. The molecule has 0 aromatic carbocycles. The minimum absolute atomic E-state index is 0.119. The van der Waals surface area contributed by atoms with Gasteiger partial charge < -0.3 is 9.47 Å². The molecule has 0 aliphatic rings. The molecule has 0 unspecified atom stereocenters. The Kier molecular flexibility index (Phi) is 5.91. The summed E-state index contributed by atoms with van der Waals surface area (Å²) in [6.07, 6.45) is 0. The van der Waals surface area contributed by atoms with Crippen molar-refractivity contribution < 1.29 is 19.1 Å². The zero-order chi connectivity index (χ0) is 15.1. The number of carbonyl (C=O) groups excluding carboxylic acids is 2. The molecule has 0 spiro atoms. The summed E-state index contributed by atoms with van der Waals surface area (Å²) in [6.45, 7) is 3.61. The fourth-order valence-electron chi connectivity index (χ4n) is 1.14. The summed E-state index contributed by atoms with van der Waals surface area (Å²) < 4.78 is 10.3. The van der Waals surface area contributed by atoms with Crippen molar-refractivity contribution >= 4 is 45.8 Å². The third kappa shape index (κ3) is 3.44. The fourth-order valence-corrected chi connectivity index (χ4v) is 3.16. The van der Waals surface area contributed by atoms with Crippen LogP contribution in [0.5, 0.6) is 0 Å². The topological polar surface area (TPSA) is 100 Å². The lowest BCUT2D eigenvalue weighted by Crippen LogP contribution is -2.22. The minimum atomic E-state index is -0.710. The van der Waals surface area contributed by atoms with Crippen LogP contribution in [0.3, 0.4) is 0 Å². The molecule has 104 valence electrons. The van der Waals surface area contributed by atoms with Crippen LogP contribution in [0.4, 0.5) is 0 Å². The second-order valence-electron chi connectivity index (χ2n) is 3.19. The van der Waals surface area contributed by atoms with Gasteiger partial charge in [0.2, 0.25) is 0 Å². The van der Waals surface area contributed by atoms with Crippen molar-refractivity contribution in [3.05, 3.63) is 7.69 Å². The molecule has 1 aromatic rings. The molecule has 0 saturated heterocycles. The van der Waals surface area contributed by atoms with Crippen molar-refractivity contribution in [1.29, 1.82) is 10.5 Å². The second-order valence-corrected chi connectivity index (χ2v) is 5.75. The lowest BCUT2D eigenvalue weighted by Gasteiger charge is -2.02. The maximum absolute atomic E-state index is 11.5. The van der Waals surface area contributed by atoms with Gasteiger partial charge in [0, 0.05) is 0 Å². The molecule has 0 fully saturated rings. The molecule has 0 atom stereocenters. The first-order valence-corrected chi connectivity index (χ1v) is 7.20. The summed E-state index contributed by atoms with van der Waals surface area (Å²) in [5.41, 5.74) is -0.238. The van der Waals surface area contributed by atoms with Crippen LogP contribution in [0.2, 0.25) is 0 Å². The molecule has 1 heterocycles. The number of hydrogen-bond donors (Lipinski definition) is 0. The maximum atomic E-state index is 11.5. The van der Waals surface area contributed by atoms with E-state index in [1.807, 2.05) is 0 Å². The SMILES string of the molecule is CCOC(=O)C(C#N)=c1sc(=C(C#N)C(=O)OCC)s1. The molecule has 0 bridgehead atoms. The lowest BCUT2D eigenvalue weighted by atomic mass is 10.3. The summed E-state index contributed by atoms with van der Waals surface area (Å²) in [4.78, 5) is 23.0. The molecule has 1 rings (SSSR count). The van der Waals surface area contributed by atoms with Crippen molar-refractivity contribution in [1.82, 2.24) is 0 Å². The Balaban J connectivity index is 3.25. The third-order valence-corrected chi connectivity index (χ3v) is 4.52. The van der Waals surface area contributed by atoms with Crippen molar-refractivity contribution in [3.63, 3.8) is 0 Å². The molecular weight excluding hydrogens is 300 g/mol. The van der Waals surface area contributed by atoms with Gasteiger partial charge in [0.05, 0.1) is 13.2 Å². The molecule has 0 N–H and O–H groups in total. The summed E-state index contributed by atoms with van der Waals surface area (Å²) in [7, 11) is 0. The quantitative estimate of drug-likeness (QED) is 0.741. The van der Waals surface area contributed by atoms with Crippen molar-refractivity contribution in [2.75, 3.05) is 13.2 Å². The maximum Gasteiger partial charge on any atom is 0.351 e. The highest BCUT2D eigenvalue weighted by Crippen LogP contribution is 2.04. The first-order chi connectivity index (χ1) is 9.58. The summed E-state index contributed by atoms with van der Waals surface area (Å²) >= 11 is 2.05. The molecule has 0 amide bonds. The number of carbonyl (C=O) groups is 2. The Bertz CT molecular complexity index is 639. The van der Waals surface area contributed by atoms with Crippen LogP contribution in [-0.2, 0) is 19.1 Å². The van der Waals surface area contributed by atoms with Crippen LogP contribution in [-0.4, -0.2) is 25.2 Å². The molecule has 0 aliphatic carbocycles. The van der Waals surface area contributed by atoms with Gasteiger partial charge in [-0.25, -0.2) is 9.59 Å². The Morgan fingerprint density at radius 3 is 1.55 bits per heavy atom. The number of ether oxygens (including phenoxy) is 2.